The molecule has 5 nitrogen and oxygen atoms in total. The van der Waals surface area contributed by atoms with Crippen molar-refractivity contribution in [2.45, 2.75) is 45.1 Å². The number of rotatable bonds is 2. The van der Waals surface area contributed by atoms with Gasteiger partial charge >= 0.3 is 5.97 Å². The lowest BCUT2D eigenvalue weighted by molar-refractivity contribution is -0.163. The fraction of sp³-hybridized carbons (Fsp3) is 0.700. The quantitative estimate of drug-likeness (QED) is 0.718. The molecule has 6 heteroatoms. The van der Waals surface area contributed by atoms with E-state index in [1.54, 1.807) is 0 Å². The van der Waals surface area contributed by atoms with Crippen LogP contribution in [0.25, 0.3) is 0 Å². The summed E-state index contributed by atoms with van der Waals surface area (Å²) >= 11 is 6.58. The molecule has 3 aliphatic carbocycles. The molecule has 4 aliphatic rings. The first-order chi connectivity index (χ1) is 12.2. The Hall–Kier alpha value is -1.17. The smallest absolute Gasteiger partial charge is 0.331 e. The summed E-state index contributed by atoms with van der Waals surface area (Å²) in [5.74, 6) is -0.377. The predicted molar refractivity (Wildman–Crippen MR) is 95.2 cm³/mol. The number of halogens is 1. The Bertz CT molecular complexity index is 742. The zero-order valence-electron chi connectivity index (χ0n) is 15.1. The molecule has 0 bridgehead atoms. The fourth-order valence-electron chi connectivity index (χ4n) is 6.31. The van der Waals surface area contributed by atoms with Gasteiger partial charge in [-0.2, -0.15) is 0 Å². The molecule has 2 fully saturated rings. The number of Topliss-reactive ketones (excluding diaryl/α,β-unsaturated/α-hetero) is 1. The summed E-state index contributed by atoms with van der Waals surface area (Å²) in [4.78, 5) is 24.1. The SMILES string of the molecule is C[C@]12COC(=O)C=C1C(Cl)=C[C@@H]1[C@@H]2CC[C@@]2(C)[C@H]1CC[C@]2(O)C(=O)CO. The van der Waals surface area contributed by atoms with E-state index in [0.717, 1.165) is 18.4 Å². The van der Waals surface area contributed by atoms with Gasteiger partial charge in [-0.05, 0) is 49.0 Å². The van der Waals surface area contributed by atoms with E-state index in [1.807, 2.05) is 13.0 Å². The van der Waals surface area contributed by atoms with Gasteiger partial charge in [0, 0.05) is 21.9 Å². The Morgan fingerprint density at radius 1 is 1.31 bits per heavy atom. The van der Waals surface area contributed by atoms with Crippen LogP contribution in [0.15, 0.2) is 22.8 Å². The van der Waals surface area contributed by atoms with Crippen molar-refractivity contribution in [3.63, 3.8) is 0 Å². The normalized spacial score (nSPS) is 47.1. The number of aliphatic hydroxyl groups excluding tert-OH is 1. The van der Waals surface area contributed by atoms with Gasteiger partial charge in [0.25, 0.3) is 0 Å². The van der Waals surface area contributed by atoms with Crippen LogP contribution in [0, 0.1) is 28.6 Å². The molecular formula is C20H25ClO5. The molecule has 0 spiro atoms. The highest BCUT2D eigenvalue weighted by molar-refractivity contribution is 6.32. The summed E-state index contributed by atoms with van der Waals surface area (Å²) < 4.78 is 5.34. The van der Waals surface area contributed by atoms with Crippen molar-refractivity contribution >= 4 is 23.4 Å². The Morgan fingerprint density at radius 2 is 2.00 bits per heavy atom. The van der Waals surface area contributed by atoms with Crippen molar-refractivity contribution in [1.82, 2.24) is 0 Å². The number of ether oxygens (including phenoxy) is 1. The van der Waals surface area contributed by atoms with Gasteiger partial charge in [-0.3, -0.25) is 4.79 Å². The van der Waals surface area contributed by atoms with Crippen LogP contribution >= 0.6 is 11.6 Å². The number of aliphatic hydroxyl groups is 2. The molecule has 2 saturated carbocycles. The number of fused-ring (bicyclic) bond motifs is 5. The van der Waals surface area contributed by atoms with Gasteiger partial charge in [0.05, 0.1) is 0 Å². The molecule has 4 rings (SSSR count). The second-order valence-corrected chi connectivity index (χ2v) is 9.23. The summed E-state index contributed by atoms with van der Waals surface area (Å²) in [6, 6.07) is 0. The molecule has 6 atom stereocenters. The molecule has 0 amide bonds. The zero-order chi connectivity index (χ0) is 18.9. The highest BCUT2D eigenvalue weighted by atomic mass is 35.5. The summed E-state index contributed by atoms with van der Waals surface area (Å²) in [5, 5.41) is 21.1. The van der Waals surface area contributed by atoms with E-state index in [9.17, 15) is 19.8 Å². The molecule has 1 heterocycles. The molecule has 0 aromatic rings. The number of cyclic esters (lactones) is 1. The van der Waals surface area contributed by atoms with Crippen LogP contribution in [0.4, 0.5) is 0 Å². The van der Waals surface area contributed by atoms with Crippen molar-refractivity contribution in [2.75, 3.05) is 13.2 Å². The van der Waals surface area contributed by atoms with Crippen LogP contribution < -0.4 is 0 Å². The maximum Gasteiger partial charge on any atom is 0.331 e. The van der Waals surface area contributed by atoms with E-state index < -0.39 is 23.4 Å². The Labute approximate surface area is 158 Å². The lowest BCUT2D eigenvalue weighted by atomic mass is 9.49. The maximum absolute atomic E-state index is 12.3. The van der Waals surface area contributed by atoms with Crippen molar-refractivity contribution in [3.8, 4) is 0 Å². The Balaban J connectivity index is 1.78. The highest BCUT2D eigenvalue weighted by Crippen LogP contribution is 2.66. The van der Waals surface area contributed by atoms with E-state index in [1.165, 1.54) is 6.08 Å². The van der Waals surface area contributed by atoms with Crippen molar-refractivity contribution in [2.24, 2.45) is 28.6 Å². The number of carbonyl (C=O) groups excluding carboxylic acids is 2. The number of allylic oxidation sites excluding steroid dienone is 2. The van der Waals surface area contributed by atoms with Crippen LogP contribution in [0.3, 0.4) is 0 Å². The van der Waals surface area contributed by atoms with E-state index in [4.69, 9.17) is 16.3 Å². The minimum absolute atomic E-state index is 0.103. The average Bonchev–Trinajstić information content (AvgIpc) is 2.88. The Kier molecular flexibility index (Phi) is 3.97. The maximum atomic E-state index is 12.3. The monoisotopic (exact) mass is 380 g/mol. The van der Waals surface area contributed by atoms with Crippen LogP contribution in [0.2, 0.25) is 0 Å². The van der Waals surface area contributed by atoms with Gasteiger partial charge < -0.3 is 14.9 Å². The summed E-state index contributed by atoms with van der Waals surface area (Å²) in [6.07, 6.45) is 6.13. The average molecular weight is 381 g/mol. The molecule has 26 heavy (non-hydrogen) atoms. The van der Waals surface area contributed by atoms with E-state index in [0.29, 0.717) is 24.5 Å². The minimum Gasteiger partial charge on any atom is -0.462 e. The van der Waals surface area contributed by atoms with Crippen molar-refractivity contribution < 1.29 is 24.5 Å². The third-order valence-electron chi connectivity index (χ3n) is 7.90. The van der Waals surface area contributed by atoms with Crippen LogP contribution in [-0.4, -0.2) is 40.8 Å². The standard InChI is InChI=1S/C20H25ClO5/c1-18-10-26-17(24)8-14(18)15(21)7-11-12(18)3-5-19(2)13(11)4-6-20(19,25)16(23)9-22/h7-8,11-13,22,25H,3-6,9-10H2,1-2H3/t11-,12+,13+,18-,19+,20+/m1/s1. The Morgan fingerprint density at radius 3 is 2.69 bits per heavy atom. The molecule has 0 saturated heterocycles. The fourth-order valence-corrected chi connectivity index (χ4v) is 6.72. The molecule has 2 N–H and O–H groups in total. The first-order valence-corrected chi connectivity index (χ1v) is 9.68. The molecule has 1 aliphatic heterocycles. The van der Waals surface area contributed by atoms with Gasteiger partial charge in [-0.1, -0.05) is 31.5 Å². The molecular weight excluding hydrogens is 356 g/mol. The van der Waals surface area contributed by atoms with Crippen LogP contribution in [-0.2, 0) is 14.3 Å². The van der Waals surface area contributed by atoms with Gasteiger partial charge in [0.15, 0.2) is 5.78 Å². The predicted octanol–water partition coefficient (Wildman–Crippen LogP) is 2.35. The van der Waals surface area contributed by atoms with Crippen LogP contribution in [0.1, 0.15) is 39.5 Å². The topological polar surface area (TPSA) is 83.8 Å². The number of carbonyl (C=O) groups is 2. The largest absolute Gasteiger partial charge is 0.462 e. The summed E-state index contributed by atoms with van der Waals surface area (Å²) in [5.41, 5.74) is -1.55. The minimum atomic E-state index is -1.48. The van der Waals surface area contributed by atoms with Gasteiger partial charge in [0.2, 0.25) is 0 Å². The third-order valence-corrected chi connectivity index (χ3v) is 8.22. The molecule has 0 aromatic carbocycles. The van der Waals surface area contributed by atoms with Gasteiger partial charge in [0.1, 0.15) is 18.8 Å². The highest BCUT2D eigenvalue weighted by Gasteiger charge is 2.66. The summed E-state index contributed by atoms with van der Waals surface area (Å²) in [6.45, 7) is 3.75. The molecule has 0 unspecified atom stereocenters. The molecule has 0 aromatic heterocycles. The van der Waals surface area contributed by atoms with Crippen LogP contribution in [0.5, 0.6) is 0 Å². The van der Waals surface area contributed by atoms with Crippen molar-refractivity contribution in [3.05, 3.63) is 22.8 Å². The lowest BCUT2D eigenvalue weighted by Gasteiger charge is -2.56. The summed E-state index contributed by atoms with van der Waals surface area (Å²) in [7, 11) is 0. The number of esters is 1. The van der Waals surface area contributed by atoms with E-state index >= 15 is 0 Å². The molecule has 0 radical (unpaired) electrons. The zero-order valence-corrected chi connectivity index (χ0v) is 15.9. The van der Waals surface area contributed by atoms with Crippen molar-refractivity contribution in [1.29, 1.82) is 0 Å². The third kappa shape index (κ3) is 2.11. The second kappa shape index (κ2) is 5.66. The number of hydrogen-bond acceptors (Lipinski definition) is 5. The second-order valence-electron chi connectivity index (χ2n) is 8.82. The first-order valence-electron chi connectivity index (χ1n) is 9.30. The van der Waals surface area contributed by atoms with E-state index in [-0.39, 0.29) is 29.1 Å². The number of ketones is 1. The number of hydrogen-bond donors (Lipinski definition) is 2. The first kappa shape index (κ1) is 18.2. The van der Waals surface area contributed by atoms with E-state index in [2.05, 4.69) is 6.92 Å². The lowest BCUT2D eigenvalue weighted by Crippen LogP contribution is -2.58. The molecule has 142 valence electrons. The van der Waals surface area contributed by atoms with Gasteiger partial charge in [-0.15, -0.1) is 0 Å². The van der Waals surface area contributed by atoms with Gasteiger partial charge in [-0.25, -0.2) is 4.79 Å².